The fraction of sp³-hybridized carbons (Fsp3) is 0.632. The molecule has 2 N–H and O–H groups in total. The maximum atomic E-state index is 13.1. The van der Waals surface area contributed by atoms with Gasteiger partial charge in [0, 0.05) is 24.0 Å². The first kappa shape index (κ1) is 38.5. The lowest BCUT2D eigenvalue weighted by Gasteiger charge is -2.41. The molecule has 2 atom stereocenters. The molecule has 0 saturated carbocycles. The monoisotopic (exact) mass is 642 g/mol. The fourth-order valence-electron chi connectivity index (χ4n) is 5.31. The van der Waals surface area contributed by atoms with Crippen molar-refractivity contribution < 1.29 is 29.3 Å². The SMILES string of the molecule is CCC(=O)OC(C)(SC(C)(OC(=O)CC)c1cc(C(C)(C)C)c(O)c(C(C)(C)C)c1)c1cc(C(C)(C)C)c(O)c(C(C)(C)C)c1. The zero-order valence-electron chi connectivity index (χ0n) is 30.7. The van der Waals surface area contributed by atoms with Gasteiger partial charge >= 0.3 is 11.9 Å². The average Bonchev–Trinajstić information content (AvgIpc) is 2.85. The molecule has 0 aliphatic heterocycles. The quantitative estimate of drug-likeness (QED) is 0.219. The molecule has 2 unspecified atom stereocenters. The molecule has 0 radical (unpaired) electrons. The van der Waals surface area contributed by atoms with Gasteiger partial charge in [0.25, 0.3) is 0 Å². The van der Waals surface area contributed by atoms with Crippen LogP contribution in [0.1, 0.15) is 157 Å². The summed E-state index contributed by atoms with van der Waals surface area (Å²) in [6, 6.07) is 7.61. The number of phenols is 2. The van der Waals surface area contributed by atoms with E-state index in [9.17, 15) is 19.8 Å². The van der Waals surface area contributed by atoms with E-state index in [2.05, 4.69) is 0 Å². The summed E-state index contributed by atoms with van der Waals surface area (Å²) >= 11 is 1.23. The Morgan fingerprint density at radius 3 is 0.933 bits per heavy atom. The number of carbonyl (C=O) groups is 2. The van der Waals surface area contributed by atoms with Gasteiger partial charge in [-0.2, -0.15) is 0 Å². The lowest BCUT2D eigenvalue weighted by atomic mass is 9.78. The predicted octanol–water partition coefficient (Wildman–Crippen LogP) is 9.97. The third-order valence-corrected chi connectivity index (χ3v) is 9.50. The van der Waals surface area contributed by atoms with Gasteiger partial charge < -0.3 is 19.7 Å². The molecule has 0 bridgehead atoms. The standard InChI is InChI=1S/C38H58O6S/c1-17-29(39)43-37(15,23-19-25(33(3,4)5)31(41)26(20-23)34(6,7)8)45-38(16,44-30(40)18-2)24-21-27(35(9,10)11)32(42)28(22-24)36(12,13)14/h19-22,41-42H,17-18H2,1-16H3. The molecule has 2 aromatic rings. The zero-order chi connectivity index (χ0) is 35.1. The summed E-state index contributed by atoms with van der Waals surface area (Å²) in [4.78, 5) is 23.6. The van der Waals surface area contributed by atoms with E-state index in [1.54, 1.807) is 13.8 Å². The first-order valence-electron chi connectivity index (χ1n) is 16.0. The molecule has 45 heavy (non-hydrogen) atoms. The Morgan fingerprint density at radius 2 is 0.756 bits per heavy atom. The molecule has 0 fully saturated rings. The first-order chi connectivity index (χ1) is 20.1. The minimum Gasteiger partial charge on any atom is -0.507 e. The number of ether oxygens (including phenoxy) is 2. The van der Waals surface area contributed by atoms with Crippen LogP contribution < -0.4 is 0 Å². The van der Waals surface area contributed by atoms with Gasteiger partial charge in [-0.05, 0) is 82.0 Å². The van der Waals surface area contributed by atoms with Crippen LogP contribution in [0.15, 0.2) is 24.3 Å². The van der Waals surface area contributed by atoms with E-state index in [0.29, 0.717) is 11.1 Å². The summed E-state index contributed by atoms with van der Waals surface area (Å²) in [5, 5.41) is 22.9. The molecule has 6 nitrogen and oxygen atoms in total. The highest BCUT2D eigenvalue weighted by Crippen LogP contribution is 2.54. The Labute approximate surface area is 276 Å². The van der Waals surface area contributed by atoms with Gasteiger partial charge in [-0.1, -0.05) is 109 Å². The number of carbonyl (C=O) groups excluding carboxylic acids is 2. The van der Waals surface area contributed by atoms with E-state index in [0.717, 1.165) is 22.3 Å². The number of rotatable bonds is 8. The molecule has 0 aliphatic carbocycles. The van der Waals surface area contributed by atoms with Crippen molar-refractivity contribution >= 4 is 23.7 Å². The van der Waals surface area contributed by atoms with Gasteiger partial charge in [-0.25, -0.2) is 0 Å². The number of thioether (sulfide) groups is 1. The molecule has 0 spiro atoms. The van der Waals surface area contributed by atoms with Gasteiger partial charge in [0.2, 0.25) is 0 Å². The van der Waals surface area contributed by atoms with E-state index in [-0.39, 0.29) is 24.3 Å². The molecular formula is C38H58O6S. The van der Waals surface area contributed by atoms with Crippen LogP contribution >= 0.6 is 11.8 Å². The molecule has 252 valence electrons. The van der Waals surface area contributed by atoms with E-state index in [1.165, 1.54) is 11.8 Å². The summed E-state index contributed by atoms with van der Waals surface area (Å²) in [7, 11) is 0. The van der Waals surface area contributed by atoms with Crippen molar-refractivity contribution in [3.05, 3.63) is 57.6 Å². The number of esters is 2. The average molecular weight is 643 g/mol. The topological polar surface area (TPSA) is 93.1 Å². The molecular weight excluding hydrogens is 584 g/mol. The second kappa shape index (κ2) is 12.8. The minimum atomic E-state index is -1.34. The number of hydrogen-bond donors (Lipinski definition) is 2. The van der Waals surface area contributed by atoms with Crippen LogP contribution in [-0.2, 0) is 50.6 Å². The fourth-order valence-corrected chi connectivity index (χ4v) is 6.79. The summed E-state index contributed by atoms with van der Waals surface area (Å²) in [6.45, 7) is 31.5. The smallest absolute Gasteiger partial charge is 0.307 e. The third kappa shape index (κ3) is 8.78. The normalized spacial score (nSPS) is 15.6. The highest BCUT2D eigenvalue weighted by molar-refractivity contribution is 8.00. The molecule has 0 aliphatic rings. The maximum absolute atomic E-state index is 13.1. The van der Waals surface area contributed by atoms with Crippen molar-refractivity contribution in [3.63, 3.8) is 0 Å². The molecule has 0 amide bonds. The Morgan fingerprint density at radius 1 is 0.533 bits per heavy atom. The molecule has 0 aromatic heterocycles. The van der Waals surface area contributed by atoms with E-state index in [4.69, 9.17) is 9.47 Å². The molecule has 0 heterocycles. The summed E-state index contributed by atoms with van der Waals surface area (Å²) < 4.78 is 12.6. The Kier molecular flexibility index (Phi) is 11.0. The summed E-state index contributed by atoms with van der Waals surface area (Å²) in [5.41, 5.74) is 2.59. The molecule has 7 heteroatoms. The van der Waals surface area contributed by atoms with Gasteiger partial charge in [-0.15, -0.1) is 0 Å². The number of benzene rings is 2. The predicted molar refractivity (Wildman–Crippen MR) is 186 cm³/mol. The highest BCUT2D eigenvalue weighted by atomic mass is 32.2. The van der Waals surface area contributed by atoms with Gasteiger partial charge in [0.1, 0.15) is 11.5 Å². The van der Waals surface area contributed by atoms with Gasteiger partial charge in [0.05, 0.1) is 0 Å². The molecule has 2 rings (SSSR count). The summed E-state index contributed by atoms with van der Waals surface area (Å²) in [6.07, 6.45) is 0.305. The van der Waals surface area contributed by atoms with E-state index >= 15 is 0 Å². The van der Waals surface area contributed by atoms with E-state index in [1.807, 2.05) is 121 Å². The van der Waals surface area contributed by atoms with Crippen molar-refractivity contribution in [3.8, 4) is 11.5 Å². The summed E-state index contributed by atoms with van der Waals surface area (Å²) in [5.74, 6) is -0.380. The van der Waals surface area contributed by atoms with E-state index < -0.39 is 43.5 Å². The van der Waals surface area contributed by atoms with Crippen molar-refractivity contribution in [2.24, 2.45) is 0 Å². The minimum absolute atomic E-state index is 0.152. The van der Waals surface area contributed by atoms with Crippen molar-refractivity contribution in [1.82, 2.24) is 0 Å². The lowest BCUT2D eigenvalue weighted by molar-refractivity contribution is -0.152. The van der Waals surface area contributed by atoms with Crippen LogP contribution in [-0.4, -0.2) is 22.2 Å². The zero-order valence-corrected chi connectivity index (χ0v) is 31.5. The highest BCUT2D eigenvalue weighted by Gasteiger charge is 2.46. The second-order valence-corrected chi connectivity index (χ2v) is 18.3. The molecule has 2 aromatic carbocycles. The van der Waals surface area contributed by atoms with Crippen LogP contribution in [0.4, 0.5) is 0 Å². The molecule has 0 saturated heterocycles. The number of hydrogen-bond acceptors (Lipinski definition) is 7. The van der Waals surface area contributed by atoms with Crippen molar-refractivity contribution in [2.45, 2.75) is 155 Å². The van der Waals surface area contributed by atoms with Crippen molar-refractivity contribution in [1.29, 1.82) is 0 Å². The maximum Gasteiger partial charge on any atom is 0.307 e. The number of phenolic OH excluding ortho intramolecular Hbond substituents is 2. The van der Waals surface area contributed by atoms with Crippen LogP contribution in [0.5, 0.6) is 11.5 Å². The van der Waals surface area contributed by atoms with Gasteiger partial charge in [0.15, 0.2) is 9.87 Å². The largest absolute Gasteiger partial charge is 0.507 e. The van der Waals surface area contributed by atoms with Gasteiger partial charge in [-0.3, -0.25) is 9.59 Å². The second-order valence-electron chi connectivity index (χ2n) is 16.5. The van der Waals surface area contributed by atoms with Crippen LogP contribution in [0.3, 0.4) is 0 Å². The first-order valence-corrected chi connectivity index (χ1v) is 16.8. The van der Waals surface area contributed by atoms with Crippen LogP contribution in [0, 0.1) is 0 Å². The number of aromatic hydroxyl groups is 2. The Hall–Kier alpha value is -2.67. The lowest BCUT2D eigenvalue weighted by Crippen LogP contribution is -2.36. The third-order valence-electron chi connectivity index (χ3n) is 8.08. The van der Waals surface area contributed by atoms with Crippen LogP contribution in [0.2, 0.25) is 0 Å². The van der Waals surface area contributed by atoms with Crippen molar-refractivity contribution in [2.75, 3.05) is 0 Å². The Bertz CT molecular complexity index is 1240. The Balaban J connectivity index is 3.09. The van der Waals surface area contributed by atoms with Crippen LogP contribution in [0.25, 0.3) is 0 Å².